The van der Waals surface area contributed by atoms with Crippen LogP contribution in [0.1, 0.15) is 17.3 Å². The third kappa shape index (κ3) is 3.61. The molecule has 0 unspecified atom stereocenters. The van der Waals surface area contributed by atoms with Crippen LogP contribution in [0.4, 0.5) is 4.39 Å². The quantitative estimate of drug-likeness (QED) is 0.888. The Kier molecular flexibility index (Phi) is 4.22. The fourth-order valence-corrected chi connectivity index (χ4v) is 1.74. The average Bonchev–Trinajstić information content (AvgIpc) is 2.89. The van der Waals surface area contributed by atoms with Crippen LogP contribution in [-0.2, 0) is 6.54 Å². The summed E-state index contributed by atoms with van der Waals surface area (Å²) in [6.07, 6.45) is 7.72. The molecule has 2 aromatic heterocycles. The van der Waals surface area contributed by atoms with E-state index in [0.717, 1.165) is 12.7 Å². The van der Waals surface area contributed by atoms with E-state index in [1.807, 2.05) is 17.7 Å². The molecule has 0 aromatic carbocycles. The number of imidazole rings is 1. The van der Waals surface area contributed by atoms with E-state index in [0.29, 0.717) is 6.54 Å². The maximum Gasteiger partial charge on any atom is 0.254 e. The molecule has 0 aliphatic rings. The number of hydrogen-bond donors (Lipinski definition) is 1. The zero-order chi connectivity index (χ0) is 13.7. The number of carbonyl (C=O) groups is 1. The summed E-state index contributed by atoms with van der Waals surface area (Å²) in [6.45, 7) is 3.22. The minimum atomic E-state index is -0.609. The van der Waals surface area contributed by atoms with Gasteiger partial charge in [-0.25, -0.2) is 9.37 Å². The van der Waals surface area contributed by atoms with Crippen molar-refractivity contribution in [3.63, 3.8) is 0 Å². The van der Waals surface area contributed by atoms with Crippen molar-refractivity contribution in [3.05, 3.63) is 48.6 Å². The molecule has 0 fully saturated rings. The molecule has 0 aliphatic carbocycles. The fourth-order valence-electron chi connectivity index (χ4n) is 1.74. The molecule has 0 spiro atoms. The summed E-state index contributed by atoms with van der Waals surface area (Å²) < 4.78 is 15.3. The maximum atomic E-state index is 13.3. The van der Waals surface area contributed by atoms with Gasteiger partial charge in [0.15, 0.2) is 5.82 Å². The zero-order valence-corrected chi connectivity index (χ0v) is 10.6. The minimum absolute atomic E-state index is 0.0184. The van der Waals surface area contributed by atoms with E-state index in [1.165, 1.54) is 12.3 Å². The lowest BCUT2D eigenvalue weighted by Crippen LogP contribution is -2.30. The Balaban J connectivity index is 1.85. The monoisotopic (exact) mass is 262 g/mol. The summed E-state index contributed by atoms with van der Waals surface area (Å²) in [5, 5.41) is 2.71. The van der Waals surface area contributed by atoms with E-state index in [4.69, 9.17) is 0 Å². The van der Waals surface area contributed by atoms with Crippen LogP contribution in [0.15, 0.2) is 37.2 Å². The van der Waals surface area contributed by atoms with Gasteiger partial charge >= 0.3 is 0 Å². The van der Waals surface area contributed by atoms with Crippen LogP contribution in [0, 0.1) is 11.7 Å². The predicted octanol–water partition coefficient (Wildman–Crippen LogP) is 1.48. The van der Waals surface area contributed by atoms with Crippen LogP contribution in [-0.4, -0.2) is 27.0 Å². The number of pyridine rings is 1. The van der Waals surface area contributed by atoms with Crippen LogP contribution in [0.5, 0.6) is 0 Å². The van der Waals surface area contributed by atoms with Gasteiger partial charge in [-0.3, -0.25) is 9.78 Å². The van der Waals surface area contributed by atoms with Gasteiger partial charge in [0.2, 0.25) is 0 Å². The Bertz CT molecular complexity index is 541. The van der Waals surface area contributed by atoms with E-state index >= 15 is 0 Å². The number of carbonyl (C=O) groups excluding carboxylic acids is 1. The molecular weight excluding hydrogens is 247 g/mol. The fraction of sp³-hybridized carbons (Fsp3) is 0.308. The molecule has 6 heteroatoms. The molecule has 2 aromatic rings. The topological polar surface area (TPSA) is 59.8 Å². The lowest BCUT2D eigenvalue weighted by atomic mass is 10.1. The second kappa shape index (κ2) is 6.08. The van der Waals surface area contributed by atoms with E-state index < -0.39 is 11.7 Å². The Labute approximate surface area is 110 Å². The van der Waals surface area contributed by atoms with Gasteiger partial charge < -0.3 is 9.88 Å². The van der Waals surface area contributed by atoms with E-state index in [-0.39, 0.29) is 11.5 Å². The van der Waals surface area contributed by atoms with Gasteiger partial charge in [0.05, 0.1) is 18.1 Å². The summed E-state index contributed by atoms with van der Waals surface area (Å²) in [5.41, 5.74) is 0.0184. The Morgan fingerprint density at radius 2 is 2.32 bits per heavy atom. The van der Waals surface area contributed by atoms with Crippen molar-refractivity contribution < 1.29 is 9.18 Å². The molecule has 0 radical (unpaired) electrons. The predicted molar refractivity (Wildman–Crippen MR) is 67.9 cm³/mol. The van der Waals surface area contributed by atoms with Crippen LogP contribution < -0.4 is 5.32 Å². The Morgan fingerprint density at radius 3 is 3.00 bits per heavy atom. The highest BCUT2D eigenvalue weighted by Crippen LogP contribution is 2.05. The van der Waals surface area contributed by atoms with Crippen molar-refractivity contribution >= 4 is 5.91 Å². The molecule has 0 saturated carbocycles. The highest BCUT2D eigenvalue weighted by molar-refractivity contribution is 5.94. The van der Waals surface area contributed by atoms with E-state index in [9.17, 15) is 9.18 Å². The third-order valence-corrected chi connectivity index (χ3v) is 2.71. The smallest absolute Gasteiger partial charge is 0.254 e. The first-order valence-electron chi connectivity index (χ1n) is 6.00. The largest absolute Gasteiger partial charge is 0.352 e. The van der Waals surface area contributed by atoms with Crippen LogP contribution in [0.25, 0.3) is 0 Å². The van der Waals surface area contributed by atoms with Gasteiger partial charge in [-0.15, -0.1) is 0 Å². The van der Waals surface area contributed by atoms with Gasteiger partial charge in [0.1, 0.15) is 0 Å². The lowest BCUT2D eigenvalue weighted by molar-refractivity contribution is 0.0942. The number of aromatic nitrogens is 3. The van der Waals surface area contributed by atoms with Gasteiger partial charge in [-0.1, -0.05) is 6.92 Å². The number of amides is 1. The van der Waals surface area contributed by atoms with Crippen molar-refractivity contribution in [1.82, 2.24) is 19.9 Å². The van der Waals surface area contributed by atoms with Crippen LogP contribution in [0.2, 0.25) is 0 Å². The number of rotatable bonds is 5. The molecule has 19 heavy (non-hydrogen) atoms. The molecule has 2 rings (SSSR count). The molecule has 1 amide bonds. The summed E-state index contributed by atoms with van der Waals surface area (Å²) >= 11 is 0. The summed E-state index contributed by atoms with van der Waals surface area (Å²) in [7, 11) is 0. The molecule has 5 nitrogen and oxygen atoms in total. The number of nitrogens with zero attached hydrogens (tertiary/aromatic N) is 3. The molecule has 2 heterocycles. The number of nitrogens with one attached hydrogen (secondary N) is 1. The first kappa shape index (κ1) is 13.2. The Hall–Kier alpha value is -2.24. The zero-order valence-electron chi connectivity index (χ0n) is 10.6. The van der Waals surface area contributed by atoms with Gasteiger partial charge in [-0.05, 0) is 12.0 Å². The molecule has 1 atom stereocenters. The molecule has 1 N–H and O–H groups in total. The Morgan fingerprint density at radius 1 is 1.47 bits per heavy atom. The summed E-state index contributed by atoms with van der Waals surface area (Å²) in [6, 6.07) is 1.37. The van der Waals surface area contributed by atoms with Crippen molar-refractivity contribution in [1.29, 1.82) is 0 Å². The number of halogens is 1. The highest BCUT2D eigenvalue weighted by atomic mass is 19.1. The average molecular weight is 262 g/mol. The van der Waals surface area contributed by atoms with Crippen LogP contribution >= 0.6 is 0 Å². The molecule has 0 aliphatic heterocycles. The van der Waals surface area contributed by atoms with Crippen molar-refractivity contribution in [2.75, 3.05) is 6.54 Å². The second-order valence-corrected chi connectivity index (χ2v) is 4.43. The third-order valence-electron chi connectivity index (χ3n) is 2.71. The van der Waals surface area contributed by atoms with Gasteiger partial charge in [0, 0.05) is 31.7 Å². The first-order valence-corrected chi connectivity index (χ1v) is 6.00. The molecule has 100 valence electrons. The highest BCUT2D eigenvalue weighted by Gasteiger charge is 2.12. The van der Waals surface area contributed by atoms with Crippen molar-refractivity contribution in [3.8, 4) is 0 Å². The van der Waals surface area contributed by atoms with Crippen molar-refractivity contribution in [2.24, 2.45) is 5.92 Å². The maximum absolute atomic E-state index is 13.3. The lowest BCUT2D eigenvalue weighted by Gasteiger charge is -2.13. The SMILES string of the molecule is C[C@@H](CNC(=O)c1ccncc1F)Cn1ccnc1. The molecular formula is C13H15FN4O. The summed E-state index contributed by atoms with van der Waals surface area (Å²) in [4.78, 5) is 19.3. The second-order valence-electron chi connectivity index (χ2n) is 4.43. The van der Waals surface area contributed by atoms with E-state index in [1.54, 1.807) is 12.5 Å². The van der Waals surface area contributed by atoms with Crippen molar-refractivity contribution in [2.45, 2.75) is 13.5 Å². The molecule has 0 bridgehead atoms. The number of hydrogen-bond acceptors (Lipinski definition) is 3. The minimum Gasteiger partial charge on any atom is -0.352 e. The summed E-state index contributed by atoms with van der Waals surface area (Å²) in [5.74, 6) is -0.803. The standard InChI is InChI=1S/C13H15FN4O/c1-10(8-18-5-4-16-9-18)6-17-13(19)11-2-3-15-7-12(11)14/h2-5,7,9-10H,6,8H2,1H3,(H,17,19)/t10-/m0/s1. The van der Waals surface area contributed by atoms with Gasteiger partial charge in [-0.2, -0.15) is 0 Å². The van der Waals surface area contributed by atoms with Crippen LogP contribution in [0.3, 0.4) is 0 Å². The first-order chi connectivity index (χ1) is 9.16. The van der Waals surface area contributed by atoms with E-state index in [2.05, 4.69) is 15.3 Å². The van der Waals surface area contributed by atoms with Gasteiger partial charge in [0.25, 0.3) is 5.91 Å². The normalized spacial score (nSPS) is 12.1. The molecule has 0 saturated heterocycles.